The fourth-order valence-electron chi connectivity index (χ4n) is 2.74. The Morgan fingerprint density at radius 1 is 0.857 bits per heavy atom. The van der Waals surface area contributed by atoms with Crippen LogP contribution < -0.4 is 5.11 Å². The molecule has 21 heavy (non-hydrogen) atoms. The number of rotatable bonds is 12. The van der Waals surface area contributed by atoms with Crippen molar-refractivity contribution >= 4 is 5.97 Å². The van der Waals surface area contributed by atoms with Gasteiger partial charge in [0.2, 0.25) is 0 Å². The lowest BCUT2D eigenvalue weighted by Crippen LogP contribution is -2.23. The van der Waals surface area contributed by atoms with Crippen molar-refractivity contribution in [3.05, 3.63) is 35.4 Å². The van der Waals surface area contributed by atoms with E-state index in [-0.39, 0.29) is 0 Å². The van der Waals surface area contributed by atoms with Gasteiger partial charge in [0.1, 0.15) is 0 Å². The molecule has 0 aliphatic rings. The maximum absolute atomic E-state index is 11.0. The van der Waals surface area contributed by atoms with Crippen LogP contribution in [-0.2, 0) is 6.42 Å². The second-order valence-corrected chi connectivity index (χ2v) is 5.88. The van der Waals surface area contributed by atoms with Gasteiger partial charge in [0.05, 0.1) is 5.97 Å². The molecule has 0 amide bonds. The molecule has 0 atom stereocenters. The number of unbranched alkanes of at least 4 members (excludes halogenated alkanes) is 9. The van der Waals surface area contributed by atoms with E-state index in [1.54, 1.807) is 12.1 Å². The third-order valence-electron chi connectivity index (χ3n) is 4.04. The van der Waals surface area contributed by atoms with E-state index in [9.17, 15) is 9.90 Å². The summed E-state index contributed by atoms with van der Waals surface area (Å²) in [6.07, 6.45) is 13.9. The molecule has 0 fully saturated rings. The van der Waals surface area contributed by atoms with E-state index in [1.165, 1.54) is 57.8 Å². The SMILES string of the molecule is CCCCCCCCCCCCc1ccccc1C(=O)[O-]. The van der Waals surface area contributed by atoms with Crippen LogP contribution in [0.1, 0.15) is 87.1 Å². The summed E-state index contributed by atoms with van der Waals surface area (Å²) in [7, 11) is 0. The van der Waals surface area contributed by atoms with Crippen molar-refractivity contribution in [2.45, 2.75) is 77.6 Å². The summed E-state index contributed by atoms with van der Waals surface area (Å²) in [6, 6.07) is 7.20. The Kier molecular flexibility index (Phi) is 9.60. The lowest BCUT2D eigenvalue weighted by molar-refractivity contribution is -0.255. The zero-order valence-corrected chi connectivity index (χ0v) is 13.4. The highest BCUT2D eigenvalue weighted by Gasteiger charge is 2.02. The molecular weight excluding hydrogens is 260 g/mol. The first-order chi connectivity index (χ1) is 10.3. The fourth-order valence-corrected chi connectivity index (χ4v) is 2.74. The predicted molar refractivity (Wildman–Crippen MR) is 86.3 cm³/mol. The molecule has 0 spiro atoms. The topological polar surface area (TPSA) is 40.1 Å². The minimum atomic E-state index is -1.06. The molecular formula is C19H29O2-. The van der Waals surface area contributed by atoms with Gasteiger partial charge in [-0.1, -0.05) is 89.0 Å². The number of aryl methyl sites for hydroxylation is 1. The minimum Gasteiger partial charge on any atom is -0.545 e. The van der Waals surface area contributed by atoms with Crippen LogP contribution in [0.15, 0.2) is 24.3 Å². The third-order valence-corrected chi connectivity index (χ3v) is 4.04. The fraction of sp³-hybridized carbons (Fsp3) is 0.632. The summed E-state index contributed by atoms with van der Waals surface area (Å²) in [5.74, 6) is -1.06. The van der Waals surface area contributed by atoms with Crippen LogP contribution in [0.3, 0.4) is 0 Å². The van der Waals surface area contributed by atoms with E-state index >= 15 is 0 Å². The van der Waals surface area contributed by atoms with Crippen LogP contribution in [-0.4, -0.2) is 5.97 Å². The number of hydrogen-bond acceptors (Lipinski definition) is 2. The van der Waals surface area contributed by atoms with E-state index < -0.39 is 5.97 Å². The van der Waals surface area contributed by atoms with Crippen LogP contribution in [0.25, 0.3) is 0 Å². The number of carboxylic acid groups (broad SMARTS) is 1. The molecule has 1 aromatic carbocycles. The molecule has 0 aliphatic heterocycles. The van der Waals surface area contributed by atoms with E-state index in [1.807, 2.05) is 12.1 Å². The number of carbonyl (C=O) groups excluding carboxylic acids is 1. The maximum atomic E-state index is 11.0. The first kappa shape index (κ1) is 17.7. The average Bonchev–Trinajstić information content (AvgIpc) is 2.49. The molecule has 0 radical (unpaired) electrons. The van der Waals surface area contributed by atoms with Gasteiger partial charge in [-0.2, -0.15) is 0 Å². The highest BCUT2D eigenvalue weighted by Crippen LogP contribution is 2.14. The number of carbonyl (C=O) groups is 1. The smallest absolute Gasteiger partial charge is 0.0718 e. The summed E-state index contributed by atoms with van der Waals surface area (Å²) < 4.78 is 0. The Balaban J connectivity index is 2.06. The normalized spacial score (nSPS) is 10.7. The second kappa shape index (κ2) is 11.4. The summed E-state index contributed by atoms with van der Waals surface area (Å²) in [5.41, 5.74) is 1.27. The molecule has 0 heterocycles. The van der Waals surface area contributed by atoms with Crippen molar-refractivity contribution in [2.75, 3.05) is 0 Å². The molecule has 0 saturated carbocycles. The summed E-state index contributed by atoms with van der Waals surface area (Å²) in [5, 5.41) is 11.0. The molecule has 1 aromatic rings. The van der Waals surface area contributed by atoms with Crippen molar-refractivity contribution in [1.82, 2.24) is 0 Å². The molecule has 0 unspecified atom stereocenters. The molecule has 118 valence electrons. The summed E-state index contributed by atoms with van der Waals surface area (Å²) >= 11 is 0. The van der Waals surface area contributed by atoms with Crippen LogP contribution in [0, 0.1) is 0 Å². The Bertz CT molecular complexity index is 398. The highest BCUT2D eigenvalue weighted by molar-refractivity contribution is 5.87. The number of carboxylic acids is 1. The first-order valence-electron chi connectivity index (χ1n) is 8.55. The van der Waals surface area contributed by atoms with Gasteiger partial charge in [-0.3, -0.25) is 0 Å². The van der Waals surface area contributed by atoms with Gasteiger partial charge in [0.25, 0.3) is 0 Å². The molecule has 0 bridgehead atoms. The van der Waals surface area contributed by atoms with Gasteiger partial charge in [0, 0.05) is 5.56 Å². The predicted octanol–water partition coefficient (Wildman–Crippen LogP) is 4.51. The van der Waals surface area contributed by atoms with E-state index in [0.29, 0.717) is 5.56 Å². The van der Waals surface area contributed by atoms with Crippen LogP contribution in [0.5, 0.6) is 0 Å². The average molecular weight is 289 g/mol. The van der Waals surface area contributed by atoms with Crippen molar-refractivity contribution in [3.63, 3.8) is 0 Å². The zero-order valence-electron chi connectivity index (χ0n) is 13.4. The Hall–Kier alpha value is -1.31. The van der Waals surface area contributed by atoms with Gasteiger partial charge in [-0.05, 0) is 18.4 Å². The van der Waals surface area contributed by atoms with Crippen LogP contribution in [0.2, 0.25) is 0 Å². The van der Waals surface area contributed by atoms with Crippen LogP contribution in [0.4, 0.5) is 0 Å². The third kappa shape index (κ3) is 7.89. The Morgan fingerprint density at radius 3 is 1.95 bits per heavy atom. The van der Waals surface area contributed by atoms with Gasteiger partial charge in [-0.15, -0.1) is 0 Å². The second-order valence-electron chi connectivity index (χ2n) is 5.88. The largest absolute Gasteiger partial charge is 0.545 e. The molecule has 2 nitrogen and oxygen atoms in total. The quantitative estimate of drug-likeness (QED) is 0.531. The molecule has 1 rings (SSSR count). The van der Waals surface area contributed by atoms with Gasteiger partial charge < -0.3 is 9.90 Å². The lowest BCUT2D eigenvalue weighted by atomic mass is 10.00. The molecule has 0 N–H and O–H groups in total. The van der Waals surface area contributed by atoms with Crippen molar-refractivity contribution in [2.24, 2.45) is 0 Å². The number of benzene rings is 1. The van der Waals surface area contributed by atoms with Gasteiger partial charge >= 0.3 is 0 Å². The maximum Gasteiger partial charge on any atom is 0.0718 e. The summed E-state index contributed by atoms with van der Waals surface area (Å²) in [4.78, 5) is 11.0. The van der Waals surface area contributed by atoms with Crippen molar-refractivity contribution in [3.8, 4) is 0 Å². The monoisotopic (exact) mass is 289 g/mol. The molecule has 0 aliphatic carbocycles. The van der Waals surface area contributed by atoms with Crippen molar-refractivity contribution < 1.29 is 9.90 Å². The number of aromatic carboxylic acids is 1. The van der Waals surface area contributed by atoms with E-state index in [0.717, 1.165) is 18.4 Å². The van der Waals surface area contributed by atoms with Crippen LogP contribution >= 0.6 is 0 Å². The van der Waals surface area contributed by atoms with E-state index in [4.69, 9.17) is 0 Å². The number of hydrogen-bond donors (Lipinski definition) is 0. The molecule has 0 aromatic heterocycles. The molecule has 2 heteroatoms. The highest BCUT2D eigenvalue weighted by atomic mass is 16.4. The van der Waals surface area contributed by atoms with Gasteiger partial charge in [0.15, 0.2) is 0 Å². The summed E-state index contributed by atoms with van der Waals surface area (Å²) in [6.45, 7) is 2.25. The van der Waals surface area contributed by atoms with Gasteiger partial charge in [-0.25, -0.2) is 0 Å². The molecule has 0 saturated heterocycles. The lowest BCUT2D eigenvalue weighted by Gasteiger charge is -2.09. The van der Waals surface area contributed by atoms with E-state index in [2.05, 4.69) is 6.92 Å². The van der Waals surface area contributed by atoms with Crippen molar-refractivity contribution in [1.29, 1.82) is 0 Å². The standard InChI is InChI=1S/C19H30O2/c1-2-3-4-5-6-7-8-9-10-11-14-17-15-12-13-16-18(17)19(20)21/h12-13,15-16H,2-11,14H2,1H3,(H,20,21)/p-1. The zero-order chi connectivity index (χ0) is 15.3. The minimum absolute atomic E-state index is 0.355. The Labute approximate surface area is 129 Å². The first-order valence-corrected chi connectivity index (χ1v) is 8.55. The Morgan fingerprint density at radius 2 is 1.38 bits per heavy atom.